The summed E-state index contributed by atoms with van der Waals surface area (Å²) in [5.74, 6) is 2.08. The van der Waals surface area contributed by atoms with Gasteiger partial charge in [0.15, 0.2) is 0 Å². The minimum atomic E-state index is 0.213. The number of carbonyl (C=O) groups excluding carboxylic acids is 1. The van der Waals surface area contributed by atoms with Crippen LogP contribution in [0.15, 0.2) is 54.6 Å². The minimum absolute atomic E-state index is 0.213. The zero-order chi connectivity index (χ0) is 20.9. The molecule has 3 aromatic rings. The van der Waals surface area contributed by atoms with Gasteiger partial charge in [-0.1, -0.05) is 35.9 Å². The molecule has 4 rings (SSSR count). The number of rotatable bonds is 6. The van der Waals surface area contributed by atoms with Crippen molar-refractivity contribution in [2.24, 2.45) is 0 Å². The topological polar surface area (TPSA) is 45.7 Å². The van der Waals surface area contributed by atoms with Crippen LogP contribution in [0.25, 0.3) is 10.9 Å². The molecule has 1 amide bonds. The van der Waals surface area contributed by atoms with Crippen molar-refractivity contribution in [1.29, 1.82) is 0 Å². The van der Waals surface area contributed by atoms with E-state index in [2.05, 4.69) is 36.9 Å². The van der Waals surface area contributed by atoms with Gasteiger partial charge in [-0.25, -0.2) is 4.98 Å². The summed E-state index contributed by atoms with van der Waals surface area (Å²) in [6.07, 6.45) is 1.26. The molecule has 0 unspecified atom stereocenters. The van der Waals surface area contributed by atoms with Crippen LogP contribution in [-0.4, -0.2) is 48.6 Å². The van der Waals surface area contributed by atoms with E-state index in [0.717, 1.165) is 49.7 Å². The van der Waals surface area contributed by atoms with Crippen molar-refractivity contribution < 1.29 is 9.53 Å². The van der Waals surface area contributed by atoms with Crippen LogP contribution in [-0.2, 0) is 4.79 Å². The first-order valence-corrected chi connectivity index (χ1v) is 10.7. The monoisotopic (exact) mass is 403 g/mol. The molecule has 30 heavy (non-hydrogen) atoms. The SMILES string of the molecule is Cc1ccc(OCCCC(=O)N2CCN(c3cc(C)c4ccccc4n3)CC2)cc1. The van der Waals surface area contributed by atoms with Gasteiger partial charge in [0.05, 0.1) is 12.1 Å². The standard InChI is InChI=1S/C25H29N3O2/c1-19-9-11-21(12-10-19)30-17-5-8-25(29)28-15-13-27(14-16-28)24-18-20(2)22-6-3-4-7-23(22)26-24/h3-4,6-7,9-12,18H,5,8,13-17H2,1-2H3. The van der Waals surface area contributed by atoms with Crippen molar-refractivity contribution in [3.63, 3.8) is 0 Å². The fourth-order valence-electron chi connectivity index (χ4n) is 3.88. The number of anilines is 1. The van der Waals surface area contributed by atoms with E-state index in [-0.39, 0.29) is 5.91 Å². The Morgan fingerprint density at radius 2 is 1.73 bits per heavy atom. The smallest absolute Gasteiger partial charge is 0.222 e. The third kappa shape index (κ3) is 4.73. The van der Waals surface area contributed by atoms with E-state index >= 15 is 0 Å². The molecule has 1 aromatic heterocycles. The molecule has 5 heteroatoms. The fraction of sp³-hybridized carbons (Fsp3) is 0.360. The highest BCUT2D eigenvalue weighted by Crippen LogP contribution is 2.23. The Balaban J connectivity index is 1.25. The predicted molar refractivity (Wildman–Crippen MR) is 121 cm³/mol. The average molecular weight is 404 g/mol. The lowest BCUT2D eigenvalue weighted by molar-refractivity contribution is -0.131. The van der Waals surface area contributed by atoms with E-state index in [4.69, 9.17) is 9.72 Å². The van der Waals surface area contributed by atoms with Crippen LogP contribution in [0, 0.1) is 13.8 Å². The molecule has 156 valence electrons. The van der Waals surface area contributed by atoms with Crippen LogP contribution in [0.5, 0.6) is 5.75 Å². The van der Waals surface area contributed by atoms with Crippen molar-refractivity contribution in [1.82, 2.24) is 9.88 Å². The van der Waals surface area contributed by atoms with E-state index in [1.807, 2.05) is 41.3 Å². The van der Waals surface area contributed by atoms with Gasteiger partial charge in [0.25, 0.3) is 0 Å². The summed E-state index contributed by atoms with van der Waals surface area (Å²) in [6, 6.07) is 18.4. The van der Waals surface area contributed by atoms with Crippen molar-refractivity contribution in [3.8, 4) is 5.75 Å². The average Bonchev–Trinajstić information content (AvgIpc) is 2.78. The highest BCUT2D eigenvalue weighted by molar-refractivity contribution is 5.84. The number of aromatic nitrogens is 1. The van der Waals surface area contributed by atoms with Gasteiger partial charge in [0.2, 0.25) is 5.91 Å². The summed E-state index contributed by atoms with van der Waals surface area (Å²) in [5, 5.41) is 1.20. The number of ether oxygens (including phenoxy) is 1. The van der Waals surface area contributed by atoms with Crippen molar-refractivity contribution in [2.75, 3.05) is 37.7 Å². The molecule has 1 aliphatic rings. The Labute approximate surface area is 178 Å². The maximum atomic E-state index is 12.6. The van der Waals surface area contributed by atoms with E-state index in [1.165, 1.54) is 16.5 Å². The lowest BCUT2D eigenvalue weighted by Gasteiger charge is -2.35. The first-order valence-electron chi connectivity index (χ1n) is 10.7. The molecule has 2 heterocycles. The summed E-state index contributed by atoms with van der Waals surface area (Å²) in [7, 11) is 0. The zero-order valence-electron chi connectivity index (χ0n) is 17.8. The molecule has 0 spiro atoms. The molecule has 0 saturated carbocycles. The number of hydrogen-bond donors (Lipinski definition) is 0. The zero-order valence-corrected chi connectivity index (χ0v) is 17.8. The minimum Gasteiger partial charge on any atom is -0.494 e. The van der Waals surface area contributed by atoms with Gasteiger partial charge in [-0.05, 0) is 50.1 Å². The second kappa shape index (κ2) is 9.16. The third-order valence-corrected chi connectivity index (χ3v) is 5.69. The van der Waals surface area contributed by atoms with Crippen LogP contribution in [0.2, 0.25) is 0 Å². The van der Waals surface area contributed by atoms with E-state index in [1.54, 1.807) is 0 Å². The van der Waals surface area contributed by atoms with Crippen molar-refractivity contribution in [2.45, 2.75) is 26.7 Å². The first kappa shape index (κ1) is 20.2. The number of amides is 1. The Morgan fingerprint density at radius 3 is 2.50 bits per heavy atom. The van der Waals surface area contributed by atoms with Gasteiger partial charge in [-0.15, -0.1) is 0 Å². The normalized spacial score (nSPS) is 14.2. The van der Waals surface area contributed by atoms with Gasteiger partial charge in [0, 0.05) is 38.0 Å². The predicted octanol–water partition coefficient (Wildman–Crippen LogP) is 4.36. The second-order valence-corrected chi connectivity index (χ2v) is 7.95. The number of para-hydroxylation sites is 1. The van der Waals surface area contributed by atoms with Crippen LogP contribution >= 0.6 is 0 Å². The maximum Gasteiger partial charge on any atom is 0.222 e. The number of fused-ring (bicyclic) bond motifs is 1. The first-order chi connectivity index (χ1) is 14.6. The van der Waals surface area contributed by atoms with Crippen LogP contribution in [0.1, 0.15) is 24.0 Å². The molecule has 0 N–H and O–H groups in total. The van der Waals surface area contributed by atoms with Gasteiger partial charge < -0.3 is 14.5 Å². The number of piperazine rings is 1. The molecule has 5 nitrogen and oxygen atoms in total. The molecule has 0 bridgehead atoms. The number of pyridine rings is 1. The molecular formula is C25H29N3O2. The summed E-state index contributed by atoms with van der Waals surface area (Å²) in [4.78, 5) is 21.6. The summed E-state index contributed by atoms with van der Waals surface area (Å²) < 4.78 is 5.73. The number of hydrogen-bond acceptors (Lipinski definition) is 4. The highest BCUT2D eigenvalue weighted by Gasteiger charge is 2.22. The van der Waals surface area contributed by atoms with Gasteiger partial charge >= 0.3 is 0 Å². The van der Waals surface area contributed by atoms with Crippen LogP contribution in [0.3, 0.4) is 0 Å². The van der Waals surface area contributed by atoms with E-state index in [9.17, 15) is 4.79 Å². The molecule has 1 aliphatic heterocycles. The van der Waals surface area contributed by atoms with Gasteiger partial charge in [-0.2, -0.15) is 0 Å². The molecule has 0 atom stereocenters. The maximum absolute atomic E-state index is 12.6. The number of carbonyl (C=O) groups is 1. The Kier molecular flexibility index (Phi) is 6.17. The lowest BCUT2D eigenvalue weighted by atomic mass is 10.1. The third-order valence-electron chi connectivity index (χ3n) is 5.69. The number of aryl methyl sites for hydroxylation is 2. The Hall–Kier alpha value is -3.08. The fourth-order valence-corrected chi connectivity index (χ4v) is 3.88. The van der Waals surface area contributed by atoms with Crippen LogP contribution in [0.4, 0.5) is 5.82 Å². The van der Waals surface area contributed by atoms with Gasteiger partial charge in [0.1, 0.15) is 11.6 Å². The molecule has 0 aliphatic carbocycles. The summed E-state index contributed by atoms with van der Waals surface area (Å²) in [6.45, 7) is 7.86. The second-order valence-electron chi connectivity index (χ2n) is 7.95. The Bertz CT molecular complexity index is 1010. The summed E-state index contributed by atoms with van der Waals surface area (Å²) >= 11 is 0. The molecule has 1 saturated heterocycles. The van der Waals surface area contributed by atoms with Crippen molar-refractivity contribution in [3.05, 3.63) is 65.7 Å². The summed E-state index contributed by atoms with van der Waals surface area (Å²) in [5.41, 5.74) is 3.48. The molecule has 0 radical (unpaired) electrons. The van der Waals surface area contributed by atoms with Gasteiger partial charge in [-0.3, -0.25) is 4.79 Å². The molecule has 2 aromatic carbocycles. The van der Waals surface area contributed by atoms with E-state index in [0.29, 0.717) is 13.0 Å². The van der Waals surface area contributed by atoms with Crippen molar-refractivity contribution >= 4 is 22.6 Å². The lowest BCUT2D eigenvalue weighted by Crippen LogP contribution is -2.49. The highest BCUT2D eigenvalue weighted by atomic mass is 16.5. The van der Waals surface area contributed by atoms with Crippen LogP contribution < -0.4 is 9.64 Å². The largest absolute Gasteiger partial charge is 0.494 e. The van der Waals surface area contributed by atoms with E-state index < -0.39 is 0 Å². The molecule has 1 fully saturated rings. The number of benzene rings is 2. The molecular weight excluding hydrogens is 374 g/mol. The quantitative estimate of drug-likeness (QED) is 0.574. The number of nitrogens with zero attached hydrogens (tertiary/aromatic N) is 3. The Morgan fingerprint density at radius 1 is 1.00 bits per heavy atom.